The van der Waals surface area contributed by atoms with Gasteiger partial charge in [-0.25, -0.2) is 0 Å². The van der Waals surface area contributed by atoms with Gasteiger partial charge in [0, 0.05) is 36.4 Å². The second kappa shape index (κ2) is 4.47. The summed E-state index contributed by atoms with van der Waals surface area (Å²) in [5.74, 6) is 0.147. The van der Waals surface area contributed by atoms with Gasteiger partial charge in [0.2, 0.25) is 0 Å². The number of carbonyl (C=O) groups is 2. The highest BCUT2D eigenvalue weighted by molar-refractivity contribution is 6.02. The van der Waals surface area contributed by atoms with Crippen LogP contribution >= 0.6 is 0 Å². The molecule has 0 amide bonds. The predicted molar refractivity (Wildman–Crippen MR) is 69.0 cm³/mol. The molecule has 2 rings (SSSR count). The fraction of sp³-hybridized carbons (Fsp3) is 0.600. The minimum Gasteiger partial charge on any atom is -0.396 e. The molecule has 2 atom stereocenters. The molecule has 0 aliphatic heterocycles. The van der Waals surface area contributed by atoms with Crippen LogP contribution in [0.3, 0.4) is 0 Å². The zero-order valence-electron chi connectivity index (χ0n) is 11.2. The van der Waals surface area contributed by atoms with Gasteiger partial charge in [0.15, 0.2) is 11.6 Å². The molecule has 0 heterocycles. The van der Waals surface area contributed by atoms with Crippen LogP contribution in [0.5, 0.6) is 0 Å². The second-order valence-electron chi connectivity index (χ2n) is 5.81. The van der Waals surface area contributed by atoms with Crippen LogP contribution in [0.2, 0.25) is 0 Å². The van der Waals surface area contributed by atoms with Crippen LogP contribution < -0.4 is 0 Å². The molecule has 98 valence electrons. The summed E-state index contributed by atoms with van der Waals surface area (Å²) in [6, 6.07) is 0. The molecule has 2 unspecified atom stereocenters. The summed E-state index contributed by atoms with van der Waals surface area (Å²) in [7, 11) is 0. The van der Waals surface area contributed by atoms with Gasteiger partial charge >= 0.3 is 0 Å². The van der Waals surface area contributed by atoms with Crippen molar-refractivity contribution in [3.63, 3.8) is 0 Å². The number of Topliss-reactive ketones (excluding diaryl/α,β-unsaturated/α-hetero) is 2. The van der Waals surface area contributed by atoms with Crippen LogP contribution in [0.4, 0.5) is 0 Å². The number of allylic oxidation sites excluding steroid dienone is 3. The molecule has 0 saturated heterocycles. The molecular formula is C15H20O3. The van der Waals surface area contributed by atoms with Crippen LogP contribution in [0.15, 0.2) is 22.8 Å². The zero-order chi connectivity index (χ0) is 13.5. The van der Waals surface area contributed by atoms with E-state index in [1.807, 2.05) is 19.9 Å². The Kier molecular flexibility index (Phi) is 3.28. The average molecular weight is 248 g/mol. The van der Waals surface area contributed by atoms with Gasteiger partial charge in [-0.1, -0.05) is 19.9 Å². The van der Waals surface area contributed by atoms with Crippen molar-refractivity contribution < 1.29 is 14.7 Å². The summed E-state index contributed by atoms with van der Waals surface area (Å²) in [5.41, 5.74) is 2.28. The summed E-state index contributed by atoms with van der Waals surface area (Å²) in [5, 5.41) is 9.21. The lowest BCUT2D eigenvalue weighted by Crippen LogP contribution is -2.35. The van der Waals surface area contributed by atoms with E-state index in [0.29, 0.717) is 18.4 Å². The Balaban J connectivity index is 2.53. The largest absolute Gasteiger partial charge is 0.396 e. The molecule has 2 aliphatic rings. The van der Waals surface area contributed by atoms with Crippen molar-refractivity contribution >= 4 is 11.6 Å². The Bertz CT molecular complexity index is 470. The zero-order valence-corrected chi connectivity index (χ0v) is 11.2. The molecule has 18 heavy (non-hydrogen) atoms. The molecule has 0 aromatic carbocycles. The topological polar surface area (TPSA) is 54.4 Å². The van der Waals surface area contributed by atoms with E-state index in [0.717, 1.165) is 17.6 Å². The Morgan fingerprint density at radius 3 is 2.67 bits per heavy atom. The average Bonchev–Trinajstić information content (AvgIpc) is 2.33. The third-order valence-corrected chi connectivity index (χ3v) is 4.35. The number of fused-ring (bicyclic) bond motifs is 1. The SMILES string of the molecule is CC1=C2C=C(C(C)CO)C(=O)CC2(C)CCC1=O. The van der Waals surface area contributed by atoms with Gasteiger partial charge in [-0.15, -0.1) is 0 Å². The van der Waals surface area contributed by atoms with Crippen LogP contribution in [-0.2, 0) is 9.59 Å². The molecule has 0 aromatic rings. The fourth-order valence-electron chi connectivity index (χ4n) is 2.99. The van der Waals surface area contributed by atoms with E-state index in [9.17, 15) is 14.7 Å². The first-order chi connectivity index (χ1) is 8.39. The first kappa shape index (κ1) is 13.2. The first-order valence-corrected chi connectivity index (χ1v) is 6.49. The highest BCUT2D eigenvalue weighted by atomic mass is 16.3. The molecule has 3 heteroatoms. The molecule has 1 N–H and O–H groups in total. The van der Waals surface area contributed by atoms with Crippen LogP contribution in [0.1, 0.15) is 40.0 Å². The Labute approximate surface area is 108 Å². The van der Waals surface area contributed by atoms with Crippen molar-refractivity contribution in [1.29, 1.82) is 0 Å². The highest BCUT2D eigenvalue weighted by Crippen LogP contribution is 2.47. The van der Waals surface area contributed by atoms with Crippen LogP contribution in [0.25, 0.3) is 0 Å². The molecule has 0 bridgehead atoms. The molecule has 0 saturated carbocycles. The number of aliphatic hydroxyl groups excluding tert-OH is 1. The maximum Gasteiger partial charge on any atom is 0.160 e. The van der Waals surface area contributed by atoms with Crippen molar-refractivity contribution in [1.82, 2.24) is 0 Å². The lowest BCUT2D eigenvalue weighted by molar-refractivity contribution is -0.120. The van der Waals surface area contributed by atoms with E-state index >= 15 is 0 Å². The van der Waals surface area contributed by atoms with Gasteiger partial charge in [-0.2, -0.15) is 0 Å². The number of hydrogen-bond acceptors (Lipinski definition) is 3. The first-order valence-electron chi connectivity index (χ1n) is 6.49. The maximum atomic E-state index is 12.2. The third kappa shape index (κ3) is 1.97. The molecule has 2 aliphatic carbocycles. The van der Waals surface area contributed by atoms with E-state index in [2.05, 4.69) is 6.92 Å². The van der Waals surface area contributed by atoms with Crippen LogP contribution in [0, 0.1) is 11.3 Å². The van der Waals surface area contributed by atoms with Gasteiger partial charge in [-0.05, 0) is 24.5 Å². The number of aliphatic hydroxyl groups is 1. The third-order valence-electron chi connectivity index (χ3n) is 4.35. The lowest BCUT2D eigenvalue weighted by Gasteiger charge is -2.39. The van der Waals surface area contributed by atoms with Crippen molar-refractivity contribution in [2.45, 2.75) is 40.0 Å². The minimum absolute atomic E-state index is 0.0332. The maximum absolute atomic E-state index is 12.2. The van der Waals surface area contributed by atoms with E-state index in [-0.39, 0.29) is 29.5 Å². The van der Waals surface area contributed by atoms with E-state index in [1.54, 1.807) is 0 Å². The summed E-state index contributed by atoms with van der Waals surface area (Å²) in [6.07, 6.45) is 3.61. The Morgan fingerprint density at radius 2 is 2.06 bits per heavy atom. The molecular weight excluding hydrogens is 228 g/mol. The number of rotatable bonds is 2. The number of ketones is 2. The fourth-order valence-corrected chi connectivity index (χ4v) is 2.99. The highest BCUT2D eigenvalue weighted by Gasteiger charge is 2.41. The van der Waals surface area contributed by atoms with Crippen molar-refractivity contribution in [3.8, 4) is 0 Å². The van der Waals surface area contributed by atoms with E-state index in [1.165, 1.54) is 0 Å². The van der Waals surface area contributed by atoms with Gasteiger partial charge in [0.1, 0.15) is 0 Å². The monoisotopic (exact) mass is 248 g/mol. The summed E-state index contributed by atoms with van der Waals surface area (Å²) < 4.78 is 0. The van der Waals surface area contributed by atoms with E-state index in [4.69, 9.17) is 0 Å². The summed E-state index contributed by atoms with van der Waals surface area (Å²) in [4.78, 5) is 24.0. The van der Waals surface area contributed by atoms with Crippen molar-refractivity contribution in [2.24, 2.45) is 11.3 Å². The molecule has 0 aromatic heterocycles. The normalized spacial score (nSPS) is 30.1. The number of hydrogen-bond donors (Lipinski definition) is 1. The smallest absolute Gasteiger partial charge is 0.160 e. The number of carbonyl (C=O) groups excluding carboxylic acids is 2. The van der Waals surface area contributed by atoms with Crippen molar-refractivity contribution in [3.05, 3.63) is 22.8 Å². The predicted octanol–water partition coefficient (Wildman–Crippen LogP) is 2.20. The van der Waals surface area contributed by atoms with Crippen LogP contribution in [-0.4, -0.2) is 23.3 Å². The molecule has 3 nitrogen and oxygen atoms in total. The Morgan fingerprint density at radius 1 is 1.39 bits per heavy atom. The van der Waals surface area contributed by atoms with Gasteiger partial charge in [-0.3, -0.25) is 9.59 Å². The van der Waals surface area contributed by atoms with Gasteiger partial charge in [0.25, 0.3) is 0 Å². The van der Waals surface area contributed by atoms with Gasteiger partial charge < -0.3 is 5.11 Å². The Hall–Kier alpha value is -1.22. The van der Waals surface area contributed by atoms with Crippen molar-refractivity contribution in [2.75, 3.05) is 6.61 Å². The summed E-state index contributed by atoms with van der Waals surface area (Å²) in [6.45, 7) is 5.72. The van der Waals surface area contributed by atoms with Gasteiger partial charge in [0.05, 0.1) is 0 Å². The summed E-state index contributed by atoms with van der Waals surface area (Å²) >= 11 is 0. The van der Waals surface area contributed by atoms with E-state index < -0.39 is 0 Å². The quantitative estimate of drug-likeness (QED) is 0.815. The second-order valence-corrected chi connectivity index (χ2v) is 5.81. The standard InChI is InChI=1S/C15H20O3/c1-9(8-16)11-6-12-10(2)13(17)4-5-15(12,3)7-14(11)18/h6,9,16H,4-5,7-8H2,1-3H3. The minimum atomic E-state index is -0.187. The lowest BCUT2D eigenvalue weighted by atomic mass is 9.63. The molecule has 0 radical (unpaired) electrons. The molecule has 0 spiro atoms. The molecule has 0 fully saturated rings.